The largest absolute Gasteiger partial charge is 0.396 e. The normalized spacial score (nSPS) is 17.2. The van der Waals surface area contributed by atoms with Gasteiger partial charge in [0.1, 0.15) is 0 Å². The van der Waals surface area contributed by atoms with E-state index in [0.29, 0.717) is 0 Å². The Balaban J connectivity index is 3.58. The summed E-state index contributed by atoms with van der Waals surface area (Å²) in [5, 5.41) is 8.22. The van der Waals surface area contributed by atoms with E-state index >= 15 is 0 Å². The van der Waals surface area contributed by atoms with Crippen LogP contribution in [0.5, 0.6) is 0 Å². The van der Waals surface area contributed by atoms with Crippen LogP contribution in [0.3, 0.4) is 0 Å². The quantitative estimate of drug-likeness (QED) is 0.567. The molecule has 0 fully saturated rings. The first-order chi connectivity index (χ1) is 4.12. The van der Waals surface area contributed by atoms with Crippen LogP contribution in [-0.4, -0.2) is 29.4 Å². The van der Waals surface area contributed by atoms with Crippen molar-refractivity contribution < 1.29 is 19.1 Å². The van der Waals surface area contributed by atoms with Crippen molar-refractivity contribution in [2.24, 2.45) is 0 Å². The Hall–Kier alpha value is 0.110. The van der Waals surface area contributed by atoms with Gasteiger partial charge in [-0.1, -0.05) is 0 Å². The first-order valence-electron chi connectivity index (χ1n) is 2.69. The van der Waals surface area contributed by atoms with Gasteiger partial charge in [0.2, 0.25) is 0 Å². The van der Waals surface area contributed by atoms with E-state index < -0.39 is 7.60 Å². The van der Waals surface area contributed by atoms with E-state index in [0.717, 1.165) is 0 Å². The highest BCUT2D eigenvalue weighted by Gasteiger charge is 2.16. The molecule has 0 bridgehead atoms. The monoisotopic (exact) mass is 154 g/mol. The fourth-order valence-corrected chi connectivity index (χ4v) is 1.18. The van der Waals surface area contributed by atoms with Gasteiger partial charge in [-0.3, -0.25) is 4.57 Å². The third-order valence-corrected chi connectivity index (χ3v) is 2.14. The lowest BCUT2D eigenvalue weighted by atomic mass is 10.9. The van der Waals surface area contributed by atoms with Crippen molar-refractivity contribution in [2.45, 2.75) is 6.92 Å². The highest BCUT2D eigenvalue weighted by molar-refractivity contribution is 7.52. The van der Waals surface area contributed by atoms with E-state index in [2.05, 4.69) is 4.52 Å². The van der Waals surface area contributed by atoms with Crippen LogP contribution in [0, 0.1) is 0 Å². The second kappa shape index (κ2) is 4.01. The molecule has 0 aliphatic carbocycles. The van der Waals surface area contributed by atoms with Gasteiger partial charge in [0, 0.05) is 0 Å². The molecule has 0 aliphatic heterocycles. The number of hydrogen-bond donors (Lipinski definition) is 2. The lowest BCUT2D eigenvalue weighted by Gasteiger charge is -2.07. The van der Waals surface area contributed by atoms with Crippen LogP contribution in [0.1, 0.15) is 6.92 Å². The summed E-state index contributed by atoms with van der Waals surface area (Å²) in [6.07, 6.45) is -0.180. The van der Waals surface area contributed by atoms with Crippen molar-refractivity contribution in [2.75, 3.05) is 19.4 Å². The minimum atomic E-state index is -3.44. The molecule has 0 saturated carbocycles. The maximum atomic E-state index is 10.6. The molecule has 0 saturated heterocycles. The maximum absolute atomic E-state index is 10.6. The van der Waals surface area contributed by atoms with E-state index in [1.54, 1.807) is 6.92 Å². The van der Waals surface area contributed by atoms with Gasteiger partial charge in [-0.05, 0) is 6.92 Å². The zero-order valence-corrected chi connectivity index (χ0v) is 6.17. The van der Waals surface area contributed by atoms with Gasteiger partial charge in [-0.15, -0.1) is 0 Å². The predicted octanol–water partition coefficient (Wildman–Crippen LogP) is 0.201. The van der Waals surface area contributed by atoms with Crippen LogP contribution < -0.4 is 0 Å². The summed E-state index contributed by atoms with van der Waals surface area (Å²) in [5.41, 5.74) is 0. The molecule has 1 atom stereocenters. The maximum Gasteiger partial charge on any atom is 0.330 e. The molecule has 9 heavy (non-hydrogen) atoms. The van der Waals surface area contributed by atoms with Crippen LogP contribution >= 0.6 is 7.60 Å². The van der Waals surface area contributed by atoms with Crippen molar-refractivity contribution in [1.82, 2.24) is 0 Å². The molecule has 4 nitrogen and oxygen atoms in total. The Morgan fingerprint density at radius 3 is 2.56 bits per heavy atom. The highest BCUT2D eigenvalue weighted by Crippen LogP contribution is 2.40. The third kappa shape index (κ3) is 4.60. The van der Waals surface area contributed by atoms with Crippen LogP contribution in [-0.2, 0) is 9.09 Å². The molecule has 0 aromatic carbocycles. The minimum Gasteiger partial charge on any atom is -0.396 e. The zero-order chi connectivity index (χ0) is 7.33. The fraction of sp³-hybridized carbons (Fsp3) is 1.00. The Bertz CT molecular complexity index is 103. The van der Waals surface area contributed by atoms with Crippen LogP contribution in [0.15, 0.2) is 0 Å². The van der Waals surface area contributed by atoms with Gasteiger partial charge in [0.25, 0.3) is 0 Å². The highest BCUT2D eigenvalue weighted by atomic mass is 31.2. The Labute approximate surface area is 54.0 Å². The topological polar surface area (TPSA) is 66.8 Å². The van der Waals surface area contributed by atoms with Gasteiger partial charge in [-0.25, -0.2) is 0 Å². The molecule has 0 rings (SSSR count). The summed E-state index contributed by atoms with van der Waals surface area (Å²) in [7, 11) is -3.44. The summed E-state index contributed by atoms with van der Waals surface area (Å²) in [4.78, 5) is 8.69. The first-order valence-corrected chi connectivity index (χ1v) is 4.46. The number of aliphatic hydroxyl groups excluding tert-OH is 1. The molecular formula is C4H11O4P. The number of aliphatic hydroxyl groups is 1. The van der Waals surface area contributed by atoms with Gasteiger partial charge in [0.05, 0.1) is 19.4 Å². The predicted molar refractivity (Wildman–Crippen MR) is 33.4 cm³/mol. The molecule has 0 amide bonds. The van der Waals surface area contributed by atoms with Crippen molar-refractivity contribution in [3.8, 4) is 0 Å². The van der Waals surface area contributed by atoms with E-state index in [4.69, 9.17) is 10.00 Å². The smallest absolute Gasteiger partial charge is 0.330 e. The van der Waals surface area contributed by atoms with E-state index in [-0.39, 0.29) is 19.4 Å². The average molecular weight is 154 g/mol. The first kappa shape index (κ1) is 9.11. The summed E-state index contributed by atoms with van der Waals surface area (Å²) < 4.78 is 15.0. The Morgan fingerprint density at radius 1 is 1.67 bits per heavy atom. The van der Waals surface area contributed by atoms with Crippen LogP contribution in [0.25, 0.3) is 0 Å². The summed E-state index contributed by atoms with van der Waals surface area (Å²) in [5.74, 6) is 0. The number of hydrogen-bond acceptors (Lipinski definition) is 3. The molecule has 0 aromatic rings. The van der Waals surface area contributed by atoms with Gasteiger partial charge in [0.15, 0.2) is 0 Å². The minimum absolute atomic E-state index is 0.180. The van der Waals surface area contributed by atoms with Crippen LogP contribution in [0.2, 0.25) is 0 Å². The molecule has 0 radical (unpaired) electrons. The lowest BCUT2D eigenvalue weighted by Crippen LogP contribution is -1.97. The van der Waals surface area contributed by atoms with E-state index in [1.165, 1.54) is 0 Å². The Morgan fingerprint density at radius 2 is 2.22 bits per heavy atom. The lowest BCUT2D eigenvalue weighted by molar-refractivity contribution is 0.255. The Kier molecular flexibility index (Phi) is 4.06. The van der Waals surface area contributed by atoms with Crippen molar-refractivity contribution in [1.29, 1.82) is 0 Å². The third-order valence-electron chi connectivity index (χ3n) is 0.713. The van der Waals surface area contributed by atoms with Crippen molar-refractivity contribution >= 4 is 7.60 Å². The molecule has 0 spiro atoms. The van der Waals surface area contributed by atoms with Crippen molar-refractivity contribution in [3.63, 3.8) is 0 Å². The summed E-state index contributed by atoms with van der Waals surface area (Å²) >= 11 is 0. The molecule has 2 N–H and O–H groups in total. The van der Waals surface area contributed by atoms with E-state index in [1.807, 2.05) is 0 Å². The second-order valence-corrected chi connectivity index (χ2v) is 3.48. The second-order valence-electron chi connectivity index (χ2n) is 1.50. The fourth-order valence-electron chi connectivity index (χ4n) is 0.393. The van der Waals surface area contributed by atoms with E-state index in [9.17, 15) is 4.57 Å². The molecule has 56 valence electrons. The van der Waals surface area contributed by atoms with Crippen molar-refractivity contribution in [3.05, 3.63) is 0 Å². The summed E-state index contributed by atoms with van der Waals surface area (Å²) in [6.45, 7) is 1.52. The molecule has 1 unspecified atom stereocenters. The van der Waals surface area contributed by atoms with Gasteiger partial charge >= 0.3 is 7.60 Å². The molecule has 0 aliphatic rings. The molecule has 0 heterocycles. The summed E-state index contributed by atoms with van der Waals surface area (Å²) in [6, 6.07) is 0. The zero-order valence-electron chi connectivity index (χ0n) is 5.28. The SMILES string of the molecule is CCOP(=O)(O)CCO. The average Bonchev–Trinajstić information content (AvgIpc) is 1.64. The molecular weight excluding hydrogens is 143 g/mol. The standard InChI is InChI=1S/C4H11O4P/c1-2-8-9(6,7)4-3-5/h5H,2-4H2,1H3,(H,6,7). The van der Waals surface area contributed by atoms with Gasteiger partial charge in [-0.2, -0.15) is 0 Å². The molecule has 0 aromatic heterocycles. The van der Waals surface area contributed by atoms with Crippen LogP contribution in [0.4, 0.5) is 0 Å². The molecule has 5 heteroatoms. The van der Waals surface area contributed by atoms with Gasteiger partial charge < -0.3 is 14.5 Å². The number of rotatable bonds is 4.